The first-order valence-electron chi connectivity index (χ1n) is 9.17. The zero-order chi connectivity index (χ0) is 20.4. The third-order valence-electron chi connectivity index (χ3n) is 3.85. The summed E-state index contributed by atoms with van der Waals surface area (Å²) >= 11 is 11.8. The summed E-state index contributed by atoms with van der Waals surface area (Å²) in [6, 6.07) is 4.78. The molecule has 160 valence electrons. The molecule has 8 nitrogen and oxygen atoms in total. The Morgan fingerprint density at radius 2 is 1.93 bits per heavy atom. The van der Waals surface area contributed by atoms with Crippen molar-refractivity contribution in [2.75, 3.05) is 26.2 Å². The fourth-order valence-corrected chi connectivity index (χ4v) is 2.75. The summed E-state index contributed by atoms with van der Waals surface area (Å²) in [5.41, 5.74) is 0.462. The van der Waals surface area contributed by atoms with E-state index in [0.717, 1.165) is 25.3 Å². The van der Waals surface area contributed by atoms with Gasteiger partial charge in [0.25, 0.3) is 5.91 Å². The van der Waals surface area contributed by atoms with Crippen molar-refractivity contribution >= 4 is 59.0 Å². The average molecular weight is 554 g/mol. The number of amides is 1. The highest BCUT2D eigenvalue weighted by Gasteiger charge is 2.07. The third kappa shape index (κ3) is 8.35. The first-order chi connectivity index (χ1) is 13.5. The van der Waals surface area contributed by atoms with Crippen LogP contribution in [0.5, 0.6) is 0 Å². The Kier molecular flexibility index (Phi) is 11.9. The average Bonchev–Trinajstić information content (AvgIpc) is 3.14. The number of nitrogens with one attached hydrogen (secondary N) is 3. The SMILES string of the molecule is CCNC(=NCCNC(=O)c1ccc(Cl)c(Cl)c1)NCCn1cnnc1CC.I. The van der Waals surface area contributed by atoms with Crippen LogP contribution in [0.3, 0.4) is 0 Å². The monoisotopic (exact) mass is 553 g/mol. The van der Waals surface area contributed by atoms with Gasteiger partial charge in [-0.3, -0.25) is 9.79 Å². The van der Waals surface area contributed by atoms with E-state index < -0.39 is 0 Å². The molecule has 0 fully saturated rings. The molecular weight excluding hydrogens is 528 g/mol. The molecule has 0 saturated heterocycles. The molecule has 0 unspecified atom stereocenters. The van der Waals surface area contributed by atoms with Crippen molar-refractivity contribution in [3.8, 4) is 0 Å². The van der Waals surface area contributed by atoms with E-state index in [9.17, 15) is 4.79 Å². The van der Waals surface area contributed by atoms with E-state index in [1.54, 1.807) is 24.5 Å². The van der Waals surface area contributed by atoms with Gasteiger partial charge in [0.1, 0.15) is 12.2 Å². The molecule has 11 heteroatoms. The number of rotatable bonds is 9. The largest absolute Gasteiger partial charge is 0.357 e. The van der Waals surface area contributed by atoms with Crippen LogP contribution in [0.15, 0.2) is 29.5 Å². The summed E-state index contributed by atoms with van der Waals surface area (Å²) in [5.74, 6) is 1.43. The molecule has 0 spiro atoms. The van der Waals surface area contributed by atoms with Gasteiger partial charge in [-0.15, -0.1) is 34.2 Å². The quantitative estimate of drug-likeness (QED) is 0.192. The lowest BCUT2D eigenvalue weighted by atomic mass is 10.2. The van der Waals surface area contributed by atoms with E-state index in [-0.39, 0.29) is 29.9 Å². The number of nitrogens with zero attached hydrogens (tertiary/aromatic N) is 4. The molecule has 2 aromatic rings. The predicted molar refractivity (Wildman–Crippen MR) is 128 cm³/mol. The Bertz CT molecular complexity index is 813. The fraction of sp³-hybridized carbons (Fsp3) is 0.444. The number of hydrogen-bond donors (Lipinski definition) is 3. The lowest BCUT2D eigenvalue weighted by molar-refractivity contribution is 0.0955. The molecule has 0 bridgehead atoms. The summed E-state index contributed by atoms with van der Waals surface area (Å²) in [6.45, 7) is 7.07. The van der Waals surface area contributed by atoms with Crippen LogP contribution < -0.4 is 16.0 Å². The first-order valence-corrected chi connectivity index (χ1v) is 9.92. The maximum Gasteiger partial charge on any atom is 0.251 e. The van der Waals surface area contributed by atoms with Gasteiger partial charge in [0.05, 0.1) is 16.6 Å². The van der Waals surface area contributed by atoms with Crippen molar-refractivity contribution in [2.45, 2.75) is 26.8 Å². The lowest BCUT2D eigenvalue weighted by Gasteiger charge is -2.12. The van der Waals surface area contributed by atoms with Crippen LogP contribution in [0.25, 0.3) is 0 Å². The minimum atomic E-state index is -0.216. The van der Waals surface area contributed by atoms with E-state index in [1.807, 2.05) is 18.4 Å². The normalized spacial score (nSPS) is 11.0. The van der Waals surface area contributed by atoms with Crippen molar-refractivity contribution in [1.29, 1.82) is 0 Å². The van der Waals surface area contributed by atoms with Crippen molar-refractivity contribution in [3.05, 3.63) is 46.0 Å². The van der Waals surface area contributed by atoms with Crippen LogP contribution in [0.1, 0.15) is 30.0 Å². The van der Waals surface area contributed by atoms with Crippen LogP contribution in [-0.2, 0) is 13.0 Å². The number of aromatic nitrogens is 3. The molecule has 1 aromatic carbocycles. The highest BCUT2D eigenvalue weighted by atomic mass is 127. The first kappa shape index (κ1) is 25.4. The molecule has 1 amide bonds. The second-order valence-electron chi connectivity index (χ2n) is 5.87. The molecule has 0 aliphatic heterocycles. The van der Waals surface area contributed by atoms with Gasteiger partial charge in [-0.05, 0) is 25.1 Å². The van der Waals surface area contributed by atoms with Gasteiger partial charge in [0.15, 0.2) is 5.96 Å². The standard InChI is InChI=1S/C18H25Cl2N7O.HI/c1-3-16-26-25-12-27(16)10-9-24-18(21-4-2)23-8-7-22-17(28)13-5-6-14(19)15(20)11-13;/h5-6,11-12H,3-4,7-10H2,1-2H3,(H,22,28)(H2,21,23,24);1H. The summed E-state index contributed by atoms with van der Waals surface area (Å²) in [7, 11) is 0. The van der Waals surface area contributed by atoms with Crippen LogP contribution in [0.2, 0.25) is 10.0 Å². The van der Waals surface area contributed by atoms with Gasteiger partial charge in [-0.2, -0.15) is 0 Å². The van der Waals surface area contributed by atoms with Crippen LogP contribution in [-0.4, -0.2) is 52.8 Å². The van der Waals surface area contributed by atoms with Crippen molar-refractivity contribution in [1.82, 2.24) is 30.7 Å². The smallest absolute Gasteiger partial charge is 0.251 e. The Morgan fingerprint density at radius 3 is 2.62 bits per heavy atom. The maximum atomic E-state index is 12.1. The molecule has 29 heavy (non-hydrogen) atoms. The van der Waals surface area contributed by atoms with E-state index >= 15 is 0 Å². The van der Waals surface area contributed by atoms with E-state index in [4.69, 9.17) is 23.2 Å². The number of aryl methyl sites for hydroxylation is 1. The van der Waals surface area contributed by atoms with Gasteiger partial charge in [-0.25, -0.2) is 0 Å². The Hall–Kier alpha value is -1.59. The van der Waals surface area contributed by atoms with Crippen LogP contribution >= 0.6 is 47.2 Å². The van der Waals surface area contributed by atoms with E-state index in [1.165, 1.54) is 0 Å². The van der Waals surface area contributed by atoms with Gasteiger partial charge in [-0.1, -0.05) is 30.1 Å². The summed E-state index contributed by atoms with van der Waals surface area (Å²) < 4.78 is 2.01. The highest BCUT2D eigenvalue weighted by Crippen LogP contribution is 2.22. The second kappa shape index (κ2) is 13.6. The molecular formula is C18H26Cl2IN7O. The number of carbonyl (C=O) groups is 1. The van der Waals surface area contributed by atoms with Gasteiger partial charge in [0, 0.05) is 38.2 Å². The van der Waals surface area contributed by atoms with Crippen LogP contribution in [0, 0.1) is 0 Å². The molecule has 1 aromatic heterocycles. The van der Waals surface area contributed by atoms with Gasteiger partial charge in [0.2, 0.25) is 0 Å². The molecule has 0 saturated carbocycles. The number of halogens is 3. The Morgan fingerprint density at radius 1 is 1.14 bits per heavy atom. The molecule has 0 aliphatic rings. The minimum Gasteiger partial charge on any atom is -0.357 e. The van der Waals surface area contributed by atoms with Gasteiger partial charge < -0.3 is 20.5 Å². The predicted octanol–water partition coefficient (Wildman–Crippen LogP) is 2.75. The lowest BCUT2D eigenvalue weighted by Crippen LogP contribution is -2.39. The molecule has 3 N–H and O–H groups in total. The van der Waals surface area contributed by atoms with E-state index in [2.05, 4.69) is 31.1 Å². The molecule has 2 rings (SSSR count). The van der Waals surface area contributed by atoms with Crippen molar-refractivity contribution in [3.63, 3.8) is 0 Å². The van der Waals surface area contributed by atoms with Crippen molar-refractivity contribution < 1.29 is 4.79 Å². The Labute approximate surface area is 197 Å². The highest BCUT2D eigenvalue weighted by molar-refractivity contribution is 14.0. The minimum absolute atomic E-state index is 0. The number of guanidine groups is 1. The summed E-state index contributed by atoms with van der Waals surface area (Å²) in [6.07, 6.45) is 2.57. The zero-order valence-corrected chi connectivity index (χ0v) is 20.3. The second-order valence-corrected chi connectivity index (χ2v) is 6.68. The maximum absolute atomic E-state index is 12.1. The summed E-state index contributed by atoms with van der Waals surface area (Å²) in [4.78, 5) is 16.6. The molecule has 0 atom stereocenters. The number of aliphatic imine (C=N–C) groups is 1. The molecule has 0 radical (unpaired) electrons. The summed E-state index contributed by atoms with van der Waals surface area (Å²) in [5, 5.41) is 18.0. The topological polar surface area (TPSA) is 96.2 Å². The zero-order valence-electron chi connectivity index (χ0n) is 16.4. The van der Waals surface area contributed by atoms with E-state index in [0.29, 0.717) is 41.2 Å². The third-order valence-corrected chi connectivity index (χ3v) is 4.59. The molecule has 0 aliphatic carbocycles. The Balaban J connectivity index is 0.00000420. The number of benzene rings is 1. The van der Waals surface area contributed by atoms with Crippen molar-refractivity contribution in [2.24, 2.45) is 4.99 Å². The van der Waals surface area contributed by atoms with Gasteiger partial charge >= 0.3 is 0 Å². The molecule has 1 heterocycles. The fourth-order valence-electron chi connectivity index (χ4n) is 2.45. The number of hydrogen-bond acceptors (Lipinski definition) is 4. The number of carbonyl (C=O) groups excluding carboxylic acids is 1. The van der Waals surface area contributed by atoms with Crippen LogP contribution in [0.4, 0.5) is 0 Å².